The summed E-state index contributed by atoms with van der Waals surface area (Å²) in [7, 11) is 0. The quantitative estimate of drug-likeness (QED) is 0.0852. The van der Waals surface area contributed by atoms with E-state index in [4.69, 9.17) is 0 Å². The highest BCUT2D eigenvalue weighted by Gasteiger charge is 2.35. The van der Waals surface area contributed by atoms with E-state index in [2.05, 4.69) is 11.7 Å². The van der Waals surface area contributed by atoms with Crippen LogP contribution in [0.15, 0.2) is 91.0 Å². The lowest BCUT2D eigenvalue weighted by Gasteiger charge is -2.19. The number of halogens is 8. The lowest BCUT2D eigenvalue weighted by atomic mass is 9.96. The van der Waals surface area contributed by atoms with Crippen molar-refractivity contribution in [3.8, 4) is 39.1 Å². The molecule has 1 nitrogen and oxygen atoms in total. The van der Waals surface area contributed by atoms with Crippen molar-refractivity contribution in [2.75, 3.05) is 0 Å². The van der Waals surface area contributed by atoms with Gasteiger partial charge in [0.05, 0.1) is 11.1 Å². The lowest BCUT2D eigenvalue weighted by Crippen LogP contribution is -2.22. The van der Waals surface area contributed by atoms with Gasteiger partial charge in [-0.05, 0) is 71.0 Å². The molecule has 232 valence electrons. The maximum Gasteiger partial charge on any atom is 0.426 e. The second-order valence-corrected chi connectivity index (χ2v) is 10.6. The molecule has 5 aromatic rings. The van der Waals surface area contributed by atoms with Crippen molar-refractivity contribution in [1.29, 1.82) is 0 Å². The molecule has 0 bridgehead atoms. The van der Waals surface area contributed by atoms with Crippen LogP contribution in [0.3, 0.4) is 0 Å². The number of benzene rings is 5. The van der Waals surface area contributed by atoms with Crippen LogP contribution in [-0.2, 0) is 12.5 Å². The average Bonchev–Trinajstić information content (AvgIpc) is 3.00. The van der Waals surface area contributed by atoms with E-state index in [0.717, 1.165) is 67.6 Å². The minimum Gasteiger partial charge on any atom is -0.429 e. The normalized spacial score (nSPS) is 11.6. The molecule has 0 atom stereocenters. The smallest absolute Gasteiger partial charge is 0.426 e. The Morgan fingerprint density at radius 3 is 1.71 bits per heavy atom. The molecule has 0 aromatic heterocycles. The van der Waals surface area contributed by atoms with Crippen LogP contribution in [0.25, 0.3) is 33.4 Å². The van der Waals surface area contributed by atoms with Crippen LogP contribution in [-0.4, -0.2) is 0 Å². The Balaban J connectivity index is 1.33. The van der Waals surface area contributed by atoms with Gasteiger partial charge in [0.1, 0.15) is 23.2 Å². The van der Waals surface area contributed by atoms with E-state index in [1.165, 1.54) is 6.07 Å². The highest BCUT2D eigenvalue weighted by Crippen LogP contribution is 2.36. The number of aryl methyl sites for hydroxylation is 1. The predicted molar refractivity (Wildman–Crippen MR) is 157 cm³/mol. The molecule has 45 heavy (non-hydrogen) atoms. The number of hydrogen-bond acceptors (Lipinski definition) is 1. The first-order valence-electron chi connectivity index (χ1n) is 14.2. The Bertz CT molecular complexity index is 1770. The van der Waals surface area contributed by atoms with Crippen molar-refractivity contribution >= 4 is 0 Å². The van der Waals surface area contributed by atoms with E-state index in [1.54, 1.807) is 30.3 Å². The maximum atomic E-state index is 15.2. The summed E-state index contributed by atoms with van der Waals surface area (Å²) >= 11 is 0. The monoisotopic (exact) mass is 626 g/mol. The topological polar surface area (TPSA) is 9.23 Å². The molecule has 0 fully saturated rings. The van der Waals surface area contributed by atoms with E-state index < -0.39 is 52.1 Å². The molecule has 0 heterocycles. The molecule has 5 rings (SSSR count). The van der Waals surface area contributed by atoms with Gasteiger partial charge in [-0.3, -0.25) is 0 Å². The third-order valence-electron chi connectivity index (χ3n) is 7.39. The number of unbranched alkanes of at least 4 members (excludes halogenated alkanes) is 2. The highest BCUT2D eigenvalue weighted by molar-refractivity contribution is 5.74. The first kappa shape index (κ1) is 31.8. The van der Waals surface area contributed by atoms with Gasteiger partial charge in [0.25, 0.3) is 0 Å². The number of ether oxygens (including phenoxy) is 1. The second kappa shape index (κ2) is 13.1. The second-order valence-electron chi connectivity index (χ2n) is 10.6. The molecule has 0 aliphatic heterocycles. The minimum absolute atomic E-state index is 0.0565. The van der Waals surface area contributed by atoms with Crippen molar-refractivity contribution < 1.29 is 39.9 Å². The summed E-state index contributed by atoms with van der Waals surface area (Å²) in [5, 5.41) is 0. The average molecular weight is 627 g/mol. The SMILES string of the molecule is CCCCCc1ccc(-c2ccc(-c3cc(F)c(-c4ccc(C(F)(F)Oc5cc(F)c(F)c(F)c5)cc4)c(F)c3)cc2)c(F)c1. The van der Waals surface area contributed by atoms with Crippen molar-refractivity contribution in [3.63, 3.8) is 0 Å². The Labute approximate surface area is 254 Å². The molecule has 5 aromatic carbocycles. The summed E-state index contributed by atoms with van der Waals surface area (Å²) in [5.41, 5.74) is 1.31. The van der Waals surface area contributed by atoms with E-state index >= 15 is 8.78 Å². The lowest BCUT2D eigenvalue weighted by molar-refractivity contribution is -0.185. The van der Waals surface area contributed by atoms with Gasteiger partial charge >= 0.3 is 6.11 Å². The minimum atomic E-state index is -4.11. The molecular weight excluding hydrogens is 600 g/mol. The Kier molecular flexibility index (Phi) is 9.27. The zero-order chi connectivity index (χ0) is 32.3. The summed E-state index contributed by atoms with van der Waals surface area (Å²) in [6.45, 7) is 2.10. The van der Waals surface area contributed by atoms with Crippen LogP contribution in [0.5, 0.6) is 5.75 Å². The Morgan fingerprint density at radius 2 is 1.13 bits per heavy atom. The fourth-order valence-corrected chi connectivity index (χ4v) is 5.01. The molecular formula is C36H26F8O. The standard InChI is InChI=1S/C36H26F8O/c1-2-3-4-5-21-6-15-28(29(37)16-21)23-9-7-22(8-10-23)25-17-30(38)34(31(39)18-25)24-11-13-26(14-12-24)36(43,44)45-27-19-32(40)35(42)33(41)20-27/h6-20H,2-5H2,1H3. The summed E-state index contributed by atoms with van der Waals surface area (Å²) in [5.74, 6) is -8.47. The summed E-state index contributed by atoms with van der Waals surface area (Å²) in [6.07, 6.45) is -0.184. The van der Waals surface area contributed by atoms with E-state index in [1.807, 2.05) is 6.07 Å². The fraction of sp³-hybridized carbons (Fsp3) is 0.167. The molecule has 0 aliphatic carbocycles. The van der Waals surface area contributed by atoms with Gasteiger partial charge < -0.3 is 4.74 Å². The van der Waals surface area contributed by atoms with E-state index in [0.29, 0.717) is 16.7 Å². The molecule has 0 radical (unpaired) electrons. The number of hydrogen-bond donors (Lipinski definition) is 0. The molecule has 0 saturated heterocycles. The van der Waals surface area contributed by atoms with Crippen LogP contribution >= 0.6 is 0 Å². The van der Waals surface area contributed by atoms with E-state index in [9.17, 15) is 26.3 Å². The van der Waals surface area contributed by atoms with Gasteiger partial charge in [-0.1, -0.05) is 68.3 Å². The third kappa shape index (κ3) is 7.03. The highest BCUT2D eigenvalue weighted by atomic mass is 19.3. The summed E-state index contributed by atoms with van der Waals surface area (Å²) in [6, 6.07) is 18.2. The molecule has 0 amide bonds. The molecule has 0 unspecified atom stereocenters. The van der Waals surface area contributed by atoms with Crippen LogP contribution < -0.4 is 4.74 Å². The number of alkyl halides is 2. The molecule has 0 saturated carbocycles. The molecule has 0 spiro atoms. The van der Waals surface area contributed by atoms with E-state index in [-0.39, 0.29) is 29.1 Å². The molecule has 0 N–H and O–H groups in total. The maximum absolute atomic E-state index is 15.2. The summed E-state index contributed by atoms with van der Waals surface area (Å²) < 4.78 is 119. The zero-order valence-electron chi connectivity index (χ0n) is 23.9. The van der Waals surface area contributed by atoms with Gasteiger partial charge in [-0.2, -0.15) is 8.78 Å². The van der Waals surface area contributed by atoms with Crippen molar-refractivity contribution in [1.82, 2.24) is 0 Å². The van der Waals surface area contributed by atoms with Crippen molar-refractivity contribution in [2.24, 2.45) is 0 Å². The van der Waals surface area contributed by atoms with Crippen molar-refractivity contribution in [3.05, 3.63) is 137 Å². The van der Waals surface area contributed by atoms with Crippen LogP contribution in [0.2, 0.25) is 0 Å². The zero-order valence-corrected chi connectivity index (χ0v) is 23.9. The van der Waals surface area contributed by atoms with Gasteiger partial charge in [-0.25, -0.2) is 26.3 Å². The number of rotatable bonds is 10. The Hall–Kier alpha value is -4.66. The van der Waals surface area contributed by atoms with Gasteiger partial charge in [-0.15, -0.1) is 0 Å². The van der Waals surface area contributed by atoms with Crippen LogP contribution in [0.4, 0.5) is 35.1 Å². The predicted octanol–water partition coefficient (Wildman–Crippen LogP) is 11.4. The first-order valence-corrected chi connectivity index (χ1v) is 14.2. The van der Waals surface area contributed by atoms with Crippen molar-refractivity contribution in [2.45, 2.75) is 38.7 Å². The first-order chi connectivity index (χ1) is 21.5. The fourth-order valence-electron chi connectivity index (χ4n) is 5.01. The summed E-state index contributed by atoms with van der Waals surface area (Å²) in [4.78, 5) is 0. The molecule has 9 heteroatoms. The van der Waals surface area contributed by atoms with Gasteiger partial charge in [0.15, 0.2) is 17.5 Å². The third-order valence-corrected chi connectivity index (χ3v) is 7.39. The largest absolute Gasteiger partial charge is 0.429 e. The van der Waals surface area contributed by atoms with Crippen LogP contribution in [0, 0.1) is 34.9 Å². The Morgan fingerprint density at radius 1 is 0.556 bits per heavy atom. The van der Waals surface area contributed by atoms with Gasteiger partial charge in [0, 0.05) is 17.7 Å². The molecule has 0 aliphatic rings. The van der Waals surface area contributed by atoms with Gasteiger partial charge in [0.2, 0.25) is 0 Å². The van der Waals surface area contributed by atoms with Crippen LogP contribution in [0.1, 0.15) is 37.3 Å².